The normalized spacial score (nSPS) is 11.2. The average Bonchev–Trinajstić information content (AvgIpc) is 3.37. The number of carbonyl (C=O) groups excluding carboxylic acids is 2. The fourth-order valence-corrected chi connectivity index (χ4v) is 4.18. The van der Waals surface area contributed by atoms with Crippen LogP contribution in [0.15, 0.2) is 70.5 Å². The molecule has 1 amide bonds. The second-order valence-corrected chi connectivity index (χ2v) is 7.91. The monoisotopic (exact) mass is 451 g/mol. The van der Waals surface area contributed by atoms with Crippen molar-refractivity contribution >= 4 is 56.9 Å². The van der Waals surface area contributed by atoms with Crippen LogP contribution in [-0.2, 0) is 9.53 Å². The fraction of sp³-hybridized carbons (Fsp3) is 0.0833. The van der Waals surface area contributed by atoms with Gasteiger partial charge in [0, 0.05) is 27.4 Å². The van der Waals surface area contributed by atoms with Gasteiger partial charge in [-0.3, -0.25) is 4.79 Å². The van der Waals surface area contributed by atoms with Crippen LogP contribution in [0.3, 0.4) is 0 Å². The highest BCUT2D eigenvalue weighted by Crippen LogP contribution is 2.36. The molecule has 2 aromatic heterocycles. The molecule has 4 aromatic rings. The van der Waals surface area contributed by atoms with Gasteiger partial charge in [0.25, 0.3) is 0 Å². The quantitative estimate of drug-likeness (QED) is 0.263. The molecule has 156 valence electrons. The number of amides is 1. The van der Waals surface area contributed by atoms with Gasteiger partial charge in [0.1, 0.15) is 21.9 Å². The second kappa shape index (κ2) is 9.20. The number of furan rings is 1. The van der Waals surface area contributed by atoms with Crippen LogP contribution < -0.4 is 5.32 Å². The van der Waals surface area contributed by atoms with Gasteiger partial charge in [-0.1, -0.05) is 41.9 Å². The van der Waals surface area contributed by atoms with Crippen LogP contribution in [0, 0.1) is 0 Å². The lowest BCUT2D eigenvalue weighted by Crippen LogP contribution is -2.12. The number of benzene rings is 2. The third kappa shape index (κ3) is 4.71. The number of halogens is 1. The van der Waals surface area contributed by atoms with Crippen molar-refractivity contribution in [2.45, 2.75) is 6.92 Å². The van der Waals surface area contributed by atoms with Gasteiger partial charge in [-0.15, -0.1) is 11.3 Å². The number of para-hydroxylation sites is 1. The Hall–Kier alpha value is -3.35. The molecule has 31 heavy (non-hydrogen) atoms. The first-order valence-corrected chi connectivity index (χ1v) is 10.8. The van der Waals surface area contributed by atoms with Gasteiger partial charge in [0.15, 0.2) is 0 Å². The molecule has 0 aliphatic rings. The fourth-order valence-electron chi connectivity index (χ4n) is 3.09. The maximum Gasteiger partial charge on any atom is 0.341 e. The number of anilines is 1. The summed E-state index contributed by atoms with van der Waals surface area (Å²) in [6.07, 6.45) is 2.96. The van der Waals surface area contributed by atoms with Crippen LogP contribution in [0.5, 0.6) is 0 Å². The SMILES string of the molecule is CCOC(=O)c1c(-c2ccc(Cl)cc2)csc1NC(=O)/C=C/c1cc2ccccc2o1. The zero-order valence-corrected chi connectivity index (χ0v) is 18.1. The molecule has 0 saturated heterocycles. The summed E-state index contributed by atoms with van der Waals surface area (Å²) < 4.78 is 10.9. The molecule has 0 aliphatic heterocycles. The van der Waals surface area contributed by atoms with E-state index in [4.69, 9.17) is 20.8 Å². The van der Waals surface area contributed by atoms with Gasteiger partial charge < -0.3 is 14.5 Å². The Kier molecular flexibility index (Phi) is 6.21. The van der Waals surface area contributed by atoms with Gasteiger partial charge in [-0.05, 0) is 42.8 Å². The van der Waals surface area contributed by atoms with Crippen molar-refractivity contribution in [1.29, 1.82) is 0 Å². The minimum absolute atomic E-state index is 0.230. The minimum atomic E-state index is -0.495. The molecule has 0 radical (unpaired) electrons. The molecule has 4 rings (SSSR count). The Morgan fingerprint density at radius 2 is 1.94 bits per heavy atom. The van der Waals surface area contributed by atoms with Crippen LogP contribution >= 0.6 is 22.9 Å². The van der Waals surface area contributed by atoms with Crippen molar-refractivity contribution in [3.8, 4) is 11.1 Å². The topological polar surface area (TPSA) is 68.5 Å². The first-order valence-electron chi connectivity index (χ1n) is 9.57. The number of hydrogen-bond acceptors (Lipinski definition) is 5. The number of ether oxygens (including phenoxy) is 1. The molecule has 0 saturated carbocycles. The number of hydrogen-bond donors (Lipinski definition) is 1. The molecule has 0 aliphatic carbocycles. The Morgan fingerprint density at radius 3 is 2.68 bits per heavy atom. The largest absolute Gasteiger partial charge is 0.462 e. The van der Waals surface area contributed by atoms with Crippen LogP contribution in [0.1, 0.15) is 23.0 Å². The van der Waals surface area contributed by atoms with Crippen molar-refractivity contribution in [2.75, 3.05) is 11.9 Å². The molecule has 2 aromatic carbocycles. The van der Waals surface area contributed by atoms with Crippen molar-refractivity contribution in [2.24, 2.45) is 0 Å². The third-order valence-electron chi connectivity index (χ3n) is 4.51. The van der Waals surface area contributed by atoms with E-state index in [1.807, 2.05) is 47.8 Å². The van der Waals surface area contributed by atoms with E-state index >= 15 is 0 Å². The van der Waals surface area contributed by atoms with E-state index in [0.717, 1.165) is 16.5 Å². The molecule has 2 heterocycles. The first-order chi connectivity index (χ1) is 15.0. The van der Waals surface area contributed by atoms with E-state index < -0.39 is 5.97 Å². The molecule has 0 spiro atoms. The zero-order chi connectivity index (χ0) is 21.8. The lowest BCUT2D eigenvalue weighted by Gasteiger charge is -2.08. The summed E-state index contributed by atoms with van der Waals surface area (Å²) in [6, 6.07) is 16.6. The van der Waals surface area contributed by atoms with Crippen LogP contribution in [-0.4, -0.2) is 18.5 Å². The van der Waals surface area contributed by atoms with Gasteiger partial charge in [-0.25, -0.2) is 4.79 Å². The predicted octanol–water partition coefficient (Wildman–Crippen LogP) is 6.64. The van der Waals surface area contributed by atoms with E-state index in [-0.39, 0.29) is 12.5 Å². The van der Waals surface area contributed by atoms with Crippen LogP contribution in [0.2, 0.25) is 5.02 Å². The Morgan fingerprint density at radius 1 is 1.16 bits per heavy atom. The highest BCUT2D eigenvalue weighted by Gasteiger charge is 2.22. The summed E-state index contributed by atoms with van der Waals surface area (Å²) in [5, 5.41) is 6.57. The molecule has 0 bridgehead atoms. The van der Waals surface area contributed by atoms with Crippen LogP contribution in [0.4, 0.5) is 5.00 Å². The number of nitrogens with one attached hydrogen (secondary N) is 1. The third-order valence-corrected chi connectivity index (χ3v) is 5.65. The first kappa shape index (κ1) is 20.9. The van der Waals surface area contributed by atoms with E-state index in [1.54, 1.807) is 25.1 Å². The summed E-state index contributed by atoms with van der Waals surface area (Å²) in [4.78, 5) is 25.1. The van der Waals surface area contributed by atoms with Crippen molar-refractivity contribution in [3.05, 3.63) is 82.4 Å². The lowest BCUT2D eigenvalue weighted by molar-refractivity contribution is -0.111. The van der Waals surface area contributed by atoms with Gasteiger partial charge in [-0.2, -0.15) is 0 Å². The van der Waals surface area contributed by atoms with E-state index in [9.17, 15) is 9.59 Å². The van der Waals surface area contributed by atoms with E-state index in [2.05, 4.69) is 5.32 Å². The van der Waals surface area contributed by atoms with E-state index in [0.29, 0.717) is 26.9 Å². The highest BCUT2D eigenvalue weighted by atomic mass is 35.5. The number of fused-ring (bicyclic) bond motifs is 1. The number of thiophene rings is 1. The van der Waals surface area contributed by atoms with Crippen molar-refractivity contribution in [1.82, 2.24) is 0 Å². The molecule has 0 unspecified atom stereocenters. The summed E-state index contributed by atoms with van der Waals surface area (Å²) in [5.74, 6) is -0.309. The predicted molar refractivity (Wildman–Crippen MR) is 125 cm³/mol. The standard InChI is InChI=1S/C24H18ClNO4S/c1-2-29-24(28)22-19(15-7-9-17(25)10-8-15)14-31-23(22)26-21(27)12-11-18-13-16-5-3-4-6-20(16)30-18/h3-14H,2H2,1H3,(H,26,27)/b12-11+. The smallest absolute Gasteiger partial charge is 0.341 e. The van der Waals surface area contributed by atoms with Crippen molar-refractivity contribution in [3.63, 3.8) is 0 Å². The maximum atomic E-state index is 12.6. The summed E-state index contributed by atoms with van der Waals surface area (Å²) in [7, 11) is 0. The lowest BCUT2D eigenvalue weighted by atomic mass is 10.0. The number of esters is 1. The van der Waals surface area contributed by atoms with E-state index in [1.165, 1.54) is 17.4 Å². The zero-order valence-electron chi connectivity index (χ0n) is 16.6. The summed E-state index contributed by atoms with van der Waals surface area (Å²) in [6.45, 7) is 1.97. The van der Waals surface area contributed by atoms with Crippen LogP contribution in [0.25, 0.3) is 28.2 Å². The number of carbonyl (C=O) groups is 2. The highest BCUT2D eigenvalue weighted by molar-refractivity contribution is 7.15. The minimum Gasteiger partial charge on any atom is -0.462 e. The Bertz CT molecular complexity index is 1240. The average molecular weight is 452 g/mol. The molecular formula is C24H18ClNO4S. The summed E-state index contributed by atoms with van der Waals surface area (Å²) >= 11 is 7.24. The van der Waals surface area contributed by atoms with Gasteiger partial charge >= 0.3 is 5.97 Å². The van der Waals surface area contributed by atoms with Gasteiger partial charge in [0.05, 0.1) is 6.61 Å². The van der Waals surface area contributed by atoms with Gasteiger partial charge in [0.2, 0.25) is 5.91 Å². The Labute approximate surface area is 187 Å². The Balaban J connectivity index is 1.58. The molecule has 0 atom stereocenters. The molecule has 0 fully saturated rings. The molecule has 5 nitrogen and oxygen atoms in total. The molecule has 1 N–H and O–H groups in total. The number of rotatable bonds is 6. The molecule has 7 heteroatoms. The maximum absolute atomic E-state index is 12.6. The second-order valence-electron chi connectivity index (χ2n) is 6.59. The molecular weight excluding hydrogens is 434 g/mol. The summed E-state index contributed by atoms with van der Waals surface area (Å²) in [5.41, 5.74) is 2.55. The van der Waals surface area contributed by atoms with Crippen molar-refractivity contribution < 1.29 is 18.7 Å².